The Balaban J connectivity index is 1.90. The van der Waals surface area contributed by atoms with Crippen LogP contribution < -0.4 is 5.32 Å². The molecule has 31 heavy (non-hydrogen) atoms. The molecule has 2 N–H and O–H groups in total. The van der Waals surface area contributed by atoms with Gasteiger partial charge in [-0.15, -0.1) is 0 Å². The number of amides is 1. The number of hydrogen-bond acceptors (Lipinski definition) is 6. The quantitative estimate of drug-likeness (QED) is 0.476. The van der Waals surface area contributed by atoms with Crippen molar-refractivity contribution < 1.29 is 28.2 Å². The van der Waals surface area contributed by atoms with Crippen LogP contribution in [0, 0.1) is 11.6 Å². The van der Waals surface area contributed by atoms with Gasteiger partial charge in [-0.25, -0.2) is 18.3 Å². The number of halogens is 2. The minimum Gasteiger partial charge on any atom is -0.505 e. The minimum absolute atomic E-state index is 0.159. The summed E-state index contributed by atoms with van der Waals surface area (Å²) in [6, 6.07) is 7.80. The van der Waals surface area contributed by atoms with Gasteiger partial charge in [0.05, 0.1) is 6.61 Å². The molecule has 0 spiro atoms. The molecule has 0 saturated carbocycles. The normalized spacial score (nSPS) is 11.1. The maximum Gasteiger partial charge on any atom is 0.325 e. The summed E-state index contributed by atoms with van der Waals surface area (Å²) in [5.74, 6) is -3.35. The van der Waals surface area contributed by atoms with Crippen LogP contribution in [0.25, 0.3) is 27.5 Å². The third kappa shape index (κ3) is 3.63. The lowest BCUT2D eigenvalue weighted by molar-refractivity contribution is -0.141. The van der Waals surface area contributed by atoms with Gasteiger partial charge >= 0.3 is 5.97 Å². The number of rotatable bonds is 5. The van der Waals surface area contributed by atoms with Crippen LogP contribution in [0.5, 0.6) is 5.75 Å². The first-order valence-electron chi connectivity index (χ1n) is 9.28. The number of nitrogens with one attached hydrogen (secondary N) is 1. The second-order valence-electron chi connectivity index (χ2n) is 6.57. The van der Waals surface area contributed by atoms with Crippen LogP contribution >= 0.6 is 0 Å². The summed E-state index contributed by atoms with van der Waals surface area (Å²) in [7, 11) is 0. The third-order valence-corrected chi connectivity index (χ3v) is 4.61. The fraction of sp³-hybridized carbons (Fsp3) is 0.143. The number of carbonyl (C=O) groups is 2. The molecular formula is C21H16F2N4O4. The van der Waals surface area contributed by atoms with Crippen molar-refractivity contribution in [3.63, 3.8) is 0 Å². The third-order valence-electron chi connectivity index (χ3n) is 4.61. The molecule has 0 unspecified atom stereocenters. The van der Waals surface area contributed by atoms with E-state index in [0.717, 1.165) is 22.7 Å². The molecule has 2 aromatic carbocycles. The van der Waals surface area contributed by atoms with Gasteiger partial charge in [-0.2, -0.15) is 5.10 Å². The van der Waals surface area contributed by atoms with E-state index < -0.39 is 35.8 Å². The number of benzene rings is 2. The highest BCUT2D eigenvalue weighted by Gasteiger charge is 2.24. The monoisotopic (exact) mass is 426 g/mol. The van der Waals surface area contributed by atoms with Crippen molar-refractivity contribution in [2.24, 2.45) is 0 Å². The summed E-state index contributed by atoms with van der Waals surface area (Å²) in [6.45, 7) is 1.39. The van der Waals surface area contributed by atoms with Crippen molar-refractivity contribution in [2.45, 2.75) is 6.92 Å². The fourth-order valence-corrected chi connectivity index (χ4v) is 3.40. The van der Waals surface area contributed by atoms with Crippen LogP contribution in [-0.2, 0) is 9.53 Å². The number of hydrogen-bond donors (Lipinski definition) is 2. The average Bonchev–Trinajstić information content (AvgIpc) is 3.21. The van der Waals surface area contributed by atoms with E-state index in [-0.39, 0.29) is 28.9 Å². The number of pyridine rings is 1. The molecule has 0 aliphatic rings. The molecule has 0 fully saturated rings. The lowest BCUT2D eigenvalue weighted by Gasteiger charge is -2.14. The van der Waals surface area contributed by atoms with Crippen molar-refractivity contribution in [3.8, 4) is 16.9 Å². The highest BCUT2D eigenvalue weighted by Crippen LogP contribution is 2.37. The number of nitrogens with zero attached hydrogens (tertiary/aromatic N) is 3. The first kappa shape index (κ1) is 20.2. The van der Waals surface area contributed by atoms with E-state index in [0.29, 0.717) is 10.9 Å². The number of carbonyl (C=O) groups excluding carboxylic acids is 2. The predicted octanol–water partition coefficient (Wildman–Crippen LogP) is 2.83. The molecule has 0 bridgehead atoms. The van der Waals surface area contributed by atoms with E-state index >= 15 is 0 Å². The smallest absolute Gasteiger partial charge is 0.325 e. The Morgan fingerprint density at radius 1 is 1.19 bits per heavy atom. The largest absolute Gasteiger partial charge is 0.505 e. The summed E-state index contributed by atoms with van der Waals surface area (Å²) >= 11 is 0. The Bertz CT molecular complexity index is 1320. The summed E-state index contributed by atoms with van der Waals surface area (Å²) in [5.41, 5.74) is 0.566. The SMILES string of the molecule is CCOC(=O)CNC(=O)c1c(O)c2cccc(-c3cc(F)cc(F)c3)c2c2ncnn12. The zero-order valence-electron chi connectivity index (χ0n) is 16.2. The van der Waals surface area contributed by atoms with Gasteiger partial charge < -0.3 is 15.2 Å². The number of esters is 1. The van der Waals surface area contributed by atoms with E-state index in [9.17, 15) is 23.5 Å². The van der Waals surface area contributed by atoms with E-state index in [1.54, 1.807) is 25.1 Å². The standard InChI is InChI=1S/C21H16F2N4O4/c1-2-31-16(28)9-24-21(30)18-19(29)15-5-3-4-14(11-6-12(22)8-13(23)7-11)17(15)20-25-10-26-27(18)20/h3-8,10,29H,2,9H2,1H3,(H,24,30). The number of fused-ring (bicyclic) bond motifs is 3. The number of ether oxygens (including phenoxy) is 1. The first-order chi connectivity index (χ1) is 14.9. The van der Waals surface area contributed by atoms with Gasteiger partial charge in [0.1, 0.15) is 24.5 Å². The van der Waals surface area contributed by atoms with Gasteiger partial charge in [-0.1, -0.05) is 18.2 Å². The van der Waals surface area contributed by atoms with E-state index in [1.165, 1.54) is 6.33 Å². The van der Waals surface area contributed by atoms with E-state index in [4.69, 9.17) is 4.74 Å². The van der Waals surface area contributed by atoms with E-state index in [2.05, 4.69) is 15.4 Å². The summed E-state index contributed by atoms with van der Waals surface area (Å²) in [6.07, 6.45) is 1.18. The molecule has 2 aromatic heterocycles. The zero-order valence-corrected chi connectivity index (χ0v) is 16.2. The maximum atomic E-state index is 13.8. The van der Waals surface area contributed by atoms with Crippen molar-refractivity contribution >= 4 is 28.3 Å². The Labute approximate surface area is 174 Å². The minimum atomic E-state index is -0.773. The van der Waals surface area contributed by atoms with Gasteiger partial charge in [0.2, 0.25) is 0 Å². The first-order valence-corrected chi connectivity index (χ1v) is 9.28. The van der Waals surface area contributed by atoms with Crippen LogP contribution in [0.2, 0.25) is 0 Å². The Morgan fingerprint density at radius 2 is 1.94 bits per heavy atom. The molecule has 10 heteroatoms. The van der Waals surface area contributed by atoms with Crippen LogP contribution in [0.1, 0.15) is 17.4 Å². The molecule has 0 radical (unpaired) electrons. The van der Waals surface area contributed by atoms with Gasteiger partial charge in [-0.3, -0.25) is 9.59 Å². The molecule has 1 amide bonds. The van der Waals surface area contributed by atoms with Crippen LogP contribution in [0.15, 0.2) is 42.7 Å². The molecular weight excluding hydrogens is 410 g/mol. The molecule has 4 rings (SSSR count). The fourth-order valence-electron chi connectivity index (χ4n) is 3.40. The summed E-state index contributed by atoms with van der Waals surface area (Å²) < 4.78 is 33.5. The van der Waals surface area contributed by atoms with Crippen molar-refractivity contribution in [3.05, 3.63) is 60.1 Å². The van der Waals surface area contributed by atoms with Crippen molar-refractivity contribution in [2.75, 3.05) is 13.2 Å². The Hall–Kier alpha value is -4.08. The summed E-state index contributed by atoms with van der Waals surface area (Å²) in [4.78, 5) is 28.4. The number of aromatic nitrogens is 3. The van der Waals surface area contributed by atoms with Crippen LogP contribution in [-0.4, -0.2) is 44.7 Å². The van der Waals surface area contributed by atoms with Gasteiger partial charge in [0, 0.05) is 16.8 Å². The number of aromatic hydroxyl groups is 1. The maximum absolute atomic E-state index is 13.8. The highest BCUT2D eigenvalue weighted by molar-refractivity contribution is 6.12. The summed E-state index contributed by atoms with van der Waals surface area (Å²) in [5, 5.41) is 17.8. The van der Waals surface area contributed by atoms with Crippen LogP contribution in [0.4, 0.5) is 8.78 Å². The lowest BCUT2D eigenvalue weighted by Crippen LogP contribution is -2.32. The van der Waals surface area contributed by atoms with Crippen molar-refractivity contribution in [1.82, 2.24) is 19.9 Å². The van der Waals surface area contributed by atoms with Gasteiger partial charge in [-0.05, 0) is 30.2 Å². The second kappa shape index (κ2) is 7.98. The lowest BCUT2D eigenvalue weighted by atomic mass is 9.97. The second-order valence-corrected chi connectivity index (χ2v) is 6.57. The molecule has 158 valence electrons. The molecule has 0 aliphatic heterocycles. The van der Waals surface area contributed by atoms with Gasteiger partial charge in [0.15, 0.2) is 17.1 Å². The Morgan fingerprint density at radius 3 is 2.65 bits per heavy atom. The van der Waals surface area contributed by atoms with Gasteiger partial charge in [0.25, 0.3) is 5.91 Å². The molecule has 0 aliphatic carbocycles. The zero-order chi connectivity index (χ0) is 22.1. The highest BCUT2D eigenvalue weighted by atomic mass is 19.1. The average molecular weight is 426 g/mol. The topological polar surface area (TPSA) is 106 Å². The molecule has 8 nitrogen and oxygen atoms in total. The molecule has 4 aromatic rings. The predicted molar refractivity (Wildman–Crippen MR) is 106 cm³/mol. The van der Waals surface area contributed by atoms with Crippen LogP contribution in [0.3, 0.4) is 0 Å². The Kier molecular flexibility index (Phi) is 5.20. The van der Waals surface area contributed by atoms with Crippen molar-refractivity contribution in [1.29, 1.82) is 0 Å². The van der Waals surface area contributed by atoms with E-state index in [1.807, 2.05) is 0 Å². The molecule has 0 saturated heterocycles. The molecule has 2 heterocycles. The molecule has 0 atom stereocenters.